The molecule has 33 heavy (non-hydrogen) atoms. The van der Waals surface area contributed by atoms with Gasteiger partial charge in [-0.15, -0.1) is 0 Å². The van der Waals surface area contributed by atoms with E-state index < -0.39 is 6.10 Å². The van der Waals surface area contributed by atoms with Crippen LogP contribution in [0.15, 0.2) is 84.0 Å². The molecule has 5 nitrogen and oxygen atoms in total. The van der Waals surface area contributed by atoms with Crippen molar-refractivity contribution in [2.75, 3.05) is 6.61 Å². The van der Waals surface area contributed by atoms with Crippen LogP contribution in [0, 0.1) is 0 Å². The summed E-state index contributed by atoms with van der Waals surface area (Å²) in [5.41, 5.74) is 5.63. The lowest BCUT2D eigenvalue weighted by atomic mass is 10.1. The Bertz CT molecular complexity index is 1000. The Morgan fingerprint density at radius 3 is 2.24 bits per heavy atom. The number of amides is 1. The number of hydrogen-bond acceptors (Lipinski definition) is 4. The minimum Gasteiger partial charge on any atom is -0.494 e. The Hall–Kier alpha value is -3.60. The zero-order chi connectivity index (χ0) is 23.3. The SMILES string of the molecule is CCCCCCOc1ccc(/C=N\NC(=O)[C@H](C)Oc2ccc(-c3ccccc3)cc2)cc1. The summed E-state index contributed by atoms with van der Waals surface area (Å²) in [5, 5.41) is 4.04. The van der Waals surface area contributed by atoms with Crippen LogP contribution >= 0.6 is 0 Å². The molecule has 3 aromatic carbocycles. The van der Waals surface area contributed by atoms with Crippen LogP contribution in [0.1, 0.15) is 45.1 Å². The van der Waals surface area contributed by atoms with E-state index in [0.717, 1.165) is 35.5 Å². The average Bonchev–Trinajstić information content (AvgIpc) is 2.85. The van der Waals surface area contributed by atoms with Crippen molar-refractivity contribution >= 4 is 12.1 Å². The summed E-state index contributed by atoms with van der Waals surface area (Å²) in [6.45, 7) is 4.63. The molecular weight excluding hydrogens is 412 g/mol. The van der Waals surface area contributed by atoms with E-state index in [9.17, 15) is 4.79 Å². The average molecular weight is 445 g/mol. The van der Waals surface area contributed by atoms with Gasteiger partial charge in [-0.05, 0) is 66.4 Å². The number of hydrogen-bond donors (Lipinski definition) is 1. The van der Waals surface area contributed by atoms with E-state index in [1.807, 2.05) is 66.7 Å². The fraction of sp³-hybridized carbons (Fsp3) is 0.286. The summed E-state index contributed by atoms with van der Waals surface area (Å²) in [5.74, 6) is 1.16. The lowest BCUT2D eigenvalue weighted by Gasteiger charge is -2.13. The van der Waals surface area contributed by atoms with Gasteiger partial charge in [-0.25, -0.2) is 5.43 Å². The molecule has 0 radical (unpaired) electrons. The van der Waals surface area contributed by atoms with Crippen LogP contribution in [0.25, 0.3) is 11.1 Å². The van der Waals surface area contributed by atoms with Gasteiger partial charge in [0.25, 0.3) is 5.91 Å². The molecule has 0 aliphatic heterocycles. The molecule has 0 saturated heterocycles. The number of nitrogens with one attached hydrogen (secondary N) is 1. The summed E-state index contributed by atoms with van der Waals surface area (Å²) in [7, 11) is 0. The standard InChI is InChI=1S/C28H32N2O3/c1-3-4-5-9-20-32-26-16-12-23(13-17-26)21-29-30-28(31)22(2)33-27-18-14-25(15-19-27)24-10-7-6-8-11-24/h6-8,10-19,21-22H,3-5,9,20H2,1-2H3,(H,30,31)/b29-21-/t22-/m0/s1. The Kier molecular flexibility index (Phi) is 9.52. The minimum absolute atomic E-state index is 0.314. The fourth-order valence-electron chi connectivity index (χ4n) is 3.24. The number of benzene rings is 3. The molecule has 1 N–H and O–H groups in total. The lowest BCUT2D eigenvalue weighted by Crippen LogP contribution is -2.33. The molecule has 1 amide bonds. The zero-order valence-electron chi connectivity index (χ0n) is 19.4. The summed E-state index contributed by atoms with van der Waals surface area (Å²) in [6.07, 6.45) is 5.66. The Morgan fingerprint density at radius 1 is 0.879 bits per heavy atom. The summed E-state index contributed by atoms with van der Waals surface area (Å²) >= 11 is 0. The Labute approximate surface area is 196 Å². The normalized spacial score (nSPS) is 11.8. The summed E-state index contributed by atoms with van der Waals surface area (Å²) < 4.78 is 11.5. The van der Waals surface area contributed by atoms with Crippen molar-refractivity contribution in [2.24, 2.45) is 5.10 Å². The van der Waals surface area contributed by atoms with Crippen molar-refractivity contribution in [1.82, 2.24) is 5.43 Å². The molecule has 3 rings (SSSR count). The maximum atomic E-state index is 12.3. The molecule has 3 aromatic rings. The molecule has 0 heterocycles. The highest BCUT2D eigenvalue weighted by atomic mass is 16.5. The smallest absolute Gasteiger partial charge is 0.280 e. The molecule has 0 spiro atoms. The van der Waals surface area contributed by atoms with E-state index in [1.165, 1.54) is 19.3 Å². The van der Waals surface area contributed by atoms with Gasteiger partial charge in [-0.3, -0.25) is 4.79 Å². The van der Waals surface area contributed by atoms with E-state index in [2.05, 4.69) is 29.6 Å². The predicted octanol–water partition coefficient (Wildman–Crippen LogP) is 6.23. The van der Waals surface area contributed by atoms with Crippen molar-refractivity contribution < 1.29 is 14.3 Å². The molecule has 0 bridgehead atoms. The number of nitrogens with zero attached hydrogens (tertiary/aromatic N) is 1. The van der Waals surface area contributed by atoms with Crippen molar-refractivity contribution in [3.63, 3.8) is 0 Å². The predicted molar refractivity (Wildman–Crippen MR) is 134 cm³/mol. The second-order valence-corrected chi connectivity index (χ2v) is 7.86. The Balaban J connectivity index is 1.42. The van der Waals surface area contributed by atoms with Crippen LogP contribution in [0.3, 0.4) is 0 Å². The van der Waals surface area contributed by atoms with E-state index in [4.69, 9.17) is 9.47 Å². The van der Waals surface area contributed by atoms with Crippen molar-refractivity contribution in [1.29, 1.82) is 0 Å². The molecule has 172 valence electrons. The molecule has 0 saturated carbocycles. The molecule has 0 aliphatic carbocycles. The first-order chi connectivity index (χ1) is 16.2. The van der Waals surface area contributed by atoms with E-state index in [1.54, 1.807) is 13.1 Å². The molecule has 1 atom stereocenters. The van der Waals surface area contributed by atoms with Gasteiger partial charge in [0, 0.05) is 0 Å². The monoisotopic (exact) mass is 444 g/mol. The van der Waals surface area contributed by atoms with Gasteiger partial charge in [0.15, 0.2) is 6.10 Å². The number of hydrazone groups is 1. The molecule has 0 aromatic heterocycles. The second kappa shape index (κ2) is 13.1. The third-order valence-corrected chi connectivity index (χ3v) is 5.18. The Morgan fingerprint density at radius 2 is 1.55 bits per heavy atom. The van der Waals surface area contributed by atoms with Gasteiger partial charge in [0.1, 0.15) is 11.5 Å². The number of unbranched alkanes of at least 4 members (excludes halogenated alkanes) is 3. The van der Waals surface area contributed by atoms with Crippen LogP contribution in [0.4, 0.5) is 0 Å². The first-order valence-electron chi connectivity index (χ1n) is 11.5. The van der Waals surface area contributed by atoms with Gasteiger partial charge in [0.05, 0.1) is 12.8 Å². The lowest BCUT2D eigenvalue weighted by molar-refractivity contribution is -0.127. The van der Waals surface area contributed by atoms with Crippen LogP contribution in [-0.4, -0.2) is 24.8 Å². The van der Waals surface area contributed by atoms with Crippen LogP contribution < -0.4 is 14.9 Å². The van der Waals surface area contributed by atoms with E-state index >= 15 is 0 Å². The summed E-state index contributed by atoms with van der Waals surface area (Å²) in [6, 6.07) is 25.4. The van der Waals surface area contributed by atoms with Gasteiger partial charge >= 0.3 is 0 Å². The molecule has 0 unspecified atom stereocenters. The number of rotatable bonds is 12. The van der Waals surface area contributed by atoms with Gasteiger partial charge in [-0.2, -0.15) is 5.10 Å². The van der Waals surface area contributed by atoms with Crippen molar-refractivity contribution in [3.05, 3.63) is 84.4 Å². The first kappa shape index (κ1) is 24.1. The van der Waals surface area contributed by atoms with Gasteiger partial charge < -0.3 is 9.47 Å². The highest BCUT2D eigenvalue weighted by Gasteiger charge is 2.14. The van der Waals surface area contributed by atoms with Crippen molar-refractivity contribution in [3.8, 4) is 22.6 Å². The highest BCUT2D eigenvalue weighted by molar-refractivity contribution is 5.84. The molecule has 0 aliphatic rings. The molecule has 0 fully saturated rings. The third-order valence-electron chi connectivity index (χ3n) is 5.18. The van der Waals surface area contributed by atoms with E-state index in [-0.39, 0.29) is 5.91 Å². The van der Waals surface area contributed by atoms with E-state index in [0.29, 0.717) is 5.75 Å². The van der Waals surface area contributed by atoms with Crippen molar-refractivity contribution in [2.45, 2.75) is 45.6 Å². The molecular formula is C28H32N2O3. The number of ether oxygens (including phenoxy) is 2. The zero-order valence-corrected chi connectivity index (χ0v) is 19.4. The van der Waals surface area contributed by atoms with Crippen LogP contribution in [-0.2, 0) is 4.79 Å². The minimum atomic E-state index is -0.673. The summed E-state index contributed by atoms with van der Waals surface area (Å²) in [4.78, 5) is 12.3. The maximum Gasteiger partial charge on any atom is 0.280 e. The molecule has 5 heteroatoms. The largest absolute Gasteiger partial charge is 0.494 e. The van der Waals surface area contributed by atoms with Gasteiger partial charge in [0.2, 0.25) is 0 Å². The van der Waals surface area contributed by atoms with Crippen LogP contribution in [0.2, 0.25) is 0 Å². The number of carbonyl (C=O) groups excluding carboxylic acids is 1. The second-order valence-electron chi connectivity index (χ2n) is 7.86. The maximum absolute atomic E-state index is 12.3. The topological polar surface area (TPSA) is 59.9 Å². The quantitative estimate of drug-likeness (QED) is 0.205. The third kappa shape index (κ3) is 8.11. The number of carbonyl (C=O) groups is 1. The highest BCUT2D eigenvalue weighted by Crippen LogP contribution is 2.22. The first-order valence-corrected chi connectivity index (χ1v) is 11.5. The van der Waals surface area contributed by atoms with Gasteiger partial charge in [-0.1, -0.05) is 68.7 Å². The van der Waals surface area contributed by atoms with Crippen LogP contribution in [0.5, 0.6) is 11.5 Å². The fourth-order valence-corrected chi connectivity index (χ4v) is 3.24.